The zero-order chi connectivity index (χ0) is 22.7. The summed E-state index contributed by atoms with van der Waals surface area (Å²) < 4.78 is 11.7. The zero-order valence-corrected chi connectivity index (χ0v) is 19.2. The van der Waals surface area contributed by atoms with Crippen molar-refractivity contribution in [1.82, 2.24) is 9.97 Å². The highest BCUT2D eigenvalue weighted by atomic mass is 32.1. The largest absolute Gasteiger partial charge is 0.493 e. The number of fused-ring (bicyclic) bond motifs is 1. The predicted molar refractivity (Wildman–Crippen MR) is 128 cm³/mol. The van der Waals surface area contributed by atoms with Crippen LogP contribution in [0.4, 0.5) is 10.8 Å². The van der Waals surface area contributed by atoms with Gasteiger partial charge in [0.15, 0.2) is 16.6 Å². The molecule has 0 aliphatic carbocycles. The van der Waals surface area contributed by atoms with E-state index in [0.717, 1.165) is 21.5 Å². The van der Waals surface area contributed by atoms with Gasteiger partial charge in [-0.1, -0.05) is 17.4 Å². The molecule has 4 aromatic rings. The molecule has 0 aliphatic heterocycles. The highest BCUT2D eigenvalue weighted by molar-refractivity contribution is 7.22. The van der Waals surface area contributed by atoms with Gasteiger partial charge in [0, 0.05) is 49.9 Å². The Bertz CT molecular complexity index is 1180. The molecule has 164 valence electrons. The van der Waals surface area contributed by atoms with Crippen molar-refractivity contribution in [3.63, 3.8) is 0 Å². The number of ether oxygens (including phenoxy) is 2. The summed E-state index contributed by atoms with van der Waals surface area (Å²) in [5.74, 6) is 1.10. The molecule has 0 N–H and O–H groups in total. The van der Waals surface area contributed by atoms with Gasteiger partial charge in [0.1, 0.15) is 0 Å². The number of benzene rings is 2. The lowest BCUT2D eigenvalue weighted by Gasteiger charge is -2.20. The van der Waals surface area contributed by atoms with Crippen LogP contribution in [0.25, 0.3) is 10.2 Å². The minimum Gasteiger partial charge on any atom is -0.493 e. The second-order valence-corrected chi connectivity index (χ2v) is 8.37. The molecule has 8 heteroatoms. The molecule has 0 saturated heterocycles. The number of nitrogens with zero attached hydrogens (tertiary/aromatic N) is 4. The van der Waals surface area contributed by atoms with Crippen LogP contribution in [-0.2, 0) is 6.54 Å². The summed E-state index contributed by atoms with van der Waals surface area (Å²) >= 11 is 1.43. The number of carbonyl (C=O) groups excluding carboxylic acids is 1. The monoisotopic (exact) mass is 448 g/mol. The van der Waals surface area contributed by atoms with E-state index < -0.39 is 0 Å². The zero-order valence-electron chi connectivity index (χ0n) is 18.4. The number of anilines is 2. The number of aromatic nitrogens is 2. The first kappa shape index (κ1) is 21.6. The van der Waals surface area contributed by atoms with Gasteiger partial charge >= 0.3 is 0 Å². The second-order valence-electron chi connectivity index (χ2n) is 7.37. The number of thiazole rings is 1. The van der Waals surface area contributed by atoms with E-state index in [1.54, 1.807) is 31.5 Å². The molecule has 7 nitrogen and oxygen atoms in total. The maximum atomic E-state index is 13.6. The van der Waals surface area contributed by atoms with Crippen molar-refractivity contribution in [3.8, 4) is 11.5 Å². The van der Waals surface area contributed by atoms with Gasteiger partial charge in [-0.15, -0.1) is 0 Å². The summed E-state index contributed by atoms with van der Waals surface area (Å²) in [7, 11) is 7.12. The average molecular weight is 449 g/mol. The van der Waals surface area contributed by atoms with Gasteiger partial charge in [-0.2, -0.15) is 0 Å². The second kappa shape index (κ2) is 9.23. The molecule has 32 heavy (non-hydrogen) atoms. The third-order valence-corrected chi connectivity index (χ3v) is 6.09. The van der Waals surface area contributed by atoms with E-state index >= 15 is 0 Å². The number of carbonyl (C=O) groups is 1. The van der Waals surface area contributed by atoms with E-state index in [2.05, 4.69) is 4.98 Å². The molecule has 2 aromatic heterocycles. The van der Waals surface area contributed by atoms with Crippen molar-refractivity contribution < 1.29 is 14.3 Å². The Hall–Kier alpha value is -3.65. The molecule has 0 bridgehead atoms. The van der Waals surface area contributed by atoms with Crippen LogP contribution in [-0.4, -0.2) is 44.2 Å². The predicted octanol–water partition coefficient (Wildman–Crippen LogP) is 4.62. The Kier molecular flexibility index (Phi) is 6.23. The van der Waals surface area contributed by atoms with Crippen LogP contribution < -0.4 is 19.3 Å². The molecule has 0 atom stereocenters. The topological polar surface area (TPSA) is 67.8 Å². The molecule has 0 radical (unpaired) electrons. The number of amides is 1. The van der Waals surface area contributed by atoms with Gasteiger partial charge in [0.25, 0.3) is 5.91 Å². The SMILES string of the molecule is COc1cc2nc(N(Cc3cccnc3)C(=O)c3ccc(N(C)C)cc3)sc2cc1OC. The Labute approximate surface area is 190 Å². The minimum absolute atomic E-state index is 0.128. The quantitative estimate of drug-likeness (QED) is 0.411. The standard InChI is InChI=1S/C24H24N4O3S/c1-27(2)18-9-7-17(8-10-18)23(29)28(15-16-6-5-11-25-14-16)24-26-19-12-20(30-3)21(31-4)13-22(19)32-24/h5-14H,15H2,1-4H3. The van der Waals surface area contributed by atoms with Crippen LogP contribution in [0.15, 0.2) is 60.9 Å². The molecule has 0 unspecified atom stereocenters. The van der Waals surface area contributed by atoms with E-state index in [-0.39, 0.29) is 5.91 Å². The summed E-state index contributed by atoms with van der Waals surface area (Å²) in [6, 6.07) is 15.1. The molecule has 2 aromatic carbocycles. The number of pyridine rings is 1. The smallest absolute Gasteiger partial charge is 0.260 e. The average Bonchev–Trinajstić information content (AvgIpc) is 3.24. The van der Waals surface area contributed by atoms with Crippen molar-refractivity contribution in [2.24, 2.45) is 0 Å². The Morgan fingerprint density at radius 1 is 1.03 bits per heavy atom. The first-order chi connectivity index (χ1) is 15.5. The van der Waals surface area contributed by atoms with Crippen LogP contribution in [0.5, 0.6) is 11.5 Å². The number of hydrogen-bond donors (Lipinski definition) is 0. The van der Waals surface area contributed by atoms with Gasteiger partial charge in [-0.3, -0.25) is 14.7 Å². The van der Waals surface area contributed by atoms with Gasteiger partial charge in [0.2, 0.25) is 0 Å². The third kappa shape index (κ3) is 4.36. The van der Waals surface area contributed by atoms with Crippen molar-refractivity contribution >= 4 is 38.3 Å². The fraction of sp³-hybridized carbons (Fsp3) is 0.208. The van der Waals surface area contributed by atoms with Crippen molar-refractivity contribution in [1.29, 1.82) is 0 Å². The molecule has 0 fully saturated rings. The first-order valence-corrected chi connectivity index (χ1v) is 10.8. The molecule has 0 spiro atoms. The molecule has 1 amide bonds. The number of methoxy groups -OCH3 is 2. The van der Waals surface area contributed by atoms with E-state index in [0.29, 0.717) is 28.7 Å². The van der Waals surface area contributed by atoms with Crippen molar-refractivity contribution in [2.45, 2.75) is 6.54 Å². The number of rotatable bonds is 7. The van der Waals surface area contributed by atoms with Gasteiger partial charge in [0.05, 0.1) is 31.0 Å². The Balaban J connectivity index is 1.76. The summed E-state index contributed by atoms with van der Waals surface area (Å²) in [5, 5.41) is 0.598. The lowest BCUT2D eigenvalue weighted by molar-refractivity contribution is 0.0985. The van der Waals surface area contributed by atoms with Gasteiger partial charge < -0.3 is 14.4 Å². The van der Waals surface area contributed by atoms with Crippen LogP contribution in [0.3, 0.4) is 0 Å². The lowest BCUT2D eigenvalue weighted by Crippen LogP contribution is -2.30. The van der Waals surface area contributed by atoms with Crippen LogP contribution in [0.2, 0.25) is 0 Å². The summed E-state index contributed by atoms with van der Waals surface area (Å²) in [6.07, 6.45) is 3.47. The molecular formula is C24H24N4O3S. The van der Waals surface area contributed by atoms with Crippen molar-refractivity contribution in [3.05, 3.63) is 72.1 Å². The highest BCUT2D eigenvalue weighted by Gasteiger charge is 2.23. The van der Waals surface area contributed by atoms with E-state index in [1.807, 2.05) is 67.5 Å². The maximum Gasteiger partial charge on any atom is 0.260 e. The summed E-state index contributed by atoms with van der Waals surface area (Å²) in [5.41, 5.74) is 3.28. The third-order valence-electron chi connectivity index (χ3n) is 5.05. The first-order valence-electron chi connectivity index (χ1n) is 10.0. The molecule has 2 heterocycles. The van der Waals surface area contributed by atoms with Gasteiger partial charge in [-0.05, 0) is 35.9 Å². The van der Waals surface area contributed by atoms with Crippen LogP contribution >= 0.6 is 11.3 Å². The molecular weight excluding hydrogens is 424 g/mol. The van der Waals surface area contributed by atoms with E-state index in [9.17, 15) is 4.79 Å². The summed E-state index contributed by atoms with van der Waals surface area (Å²) in [6.45, 7) is 0.357. The fourth-order valence-electron chi connectivity index (χ4n) is 3.32. The fourth-order valence-corrected chi connectivity index (χ4v) is 4.29. The molecule has 0 aliphatic rings. The lowest BCUT2D eigenvalue weighted by atomic mass is 10.1. The van der Waals surface area contributed by atoms with Crippen LogP contribution in [0.1, 0.15) is 15.9 Å². The molecule has 0 saturated carbocycles. The highest BCUT2D eigenvalue weighted by Crippen LogP contribution is 2.38. The Morgan fingerprint density at radius 2 is 1.75 bits per heavy atom. The maximum absolute atomic E-state index is 13.6. The normalized spacial score (nSPS) is 10.8. The minimum atomic E-state index is -0.128. The number of hydrogen-bond acceptors (Lipinski definition) is 7. The van der Waals surface area contributed by atoms with E-state index in [1.165, 1.54) is 11.3 Å². The van der Waals surface area contributed by atoms with Crippen LogP contribution in [0, 0.1) is 0 Å². The van der Waals surface area contributed by atoms with Gasteiger partial charge in [-0.25, -0.2) is 4.98 Å². The molecule has 4 rings (SSSR count). The summed E-state index contributed by atoms with van der Waals surface area (Å²) in [4.78, 5) is 26.2. The van der Waals surface area contributed by atoms with E-state index in [4.69, 9.17) is 14.5 Å². The Morgan fingerprint density at radius 3 is 2.38 bits per heavy atom. The van der Waals surface area contributed by atoms with Crippen molar-refractivity contribution in [2.75, 3.05) is 38.1 Å².